The summed E-state index contributed by atoms with van der Waals surface area (Å²) in [6, 6.07) is 0.378. The molecule has 1 saturated carbocycles. The predicted octanol–water partition coefficient (Wildman–Crippen LogP) is 0.439. The van der Waals surface area contributed by atoms with E-state index >= 15 is 0 Å². The smallest absolute Gasteiger partial charge is 0.321 e. The molecule has 2 saturated heterocycles. The Labute approximate surface area is 126 Å². The van der Waals surface area contributed by atoms with E-state index in [0.717, 1.165) is 38.9 Å². The molecule has 2 atom stereocenters. The SMILES string of the molecule is O=C(CN1CCCC2CNCC21)NC(=O)NC1CCCC1. The Hall–Kier alpha value is -1.14. The minimum Gasteiger partial charge on any atom is -0.335 e. The molecule has 3 fully saturated rings. The van der Waals surface area contributed by atoms with E-state index in [0.29, 0.717) is 18.5 Å². The van der Waals surface area contributed by atoms with Crippen molar-refractivity contribution in [3.05, 3.63) is 0 Å². The van der Waals surface area contributed by atoms with E-state index in [1.54, 1.807) is 0 Å². The van der Waals surface area contributed by atoms with Gasteiger partial charge >= 0.3 is 6.03 Å². The average Bonchev–Trinajstić information content (AvgIpc) is 3.09. The normalized spacial score (nSPS) is 30.1. The summed E-state index contributed by atoms with van der Waals surface area (Å²) in [5.74, 6) is 0.483. The maximum absolute atomic E-state index is 12.1. The molecule has 0 bridgehead atoms. The molecule has 0 spiro atoms. The van der Waals surface area contributed by atoms with E-state index < -0.39 is 0 Å². The van der Waals surface area contributed by atoms with Crippen molar-refractivity contribution in [3.8, 4) is 0 Å². The van der Waals surface area contributed by atoms with E-state index in [1.807, 2.05) is 0 Å². The van der Waals surface area contributed by atoms with Crippen molar-refractivity contribution >= 4 is 11.9 Å². The van der Waals surface area contributed by atoms with Gasteiger partial charge in [0.1, 0.15) is 0 Å². The Morgan fingerprint density at radius 3 is 2.71 bits per heavy atom. The van der Waals surface area contributed by atoms with E-state index in [1.165, 1.54) is 19.3 Å². The number of likely N-dealkylation sites (tertiary alicyclic amines) is 1. The lowest BCUT2D eigenvalue weighted by atomic mass is 9.92. The number of hydrogen-bond acceptors (Lipinski definition) is 4. The number of carbonyl (C=O) groups is 2. The Morgan fingerprint density at radius 1 is 1.10 bits per heavy atom. The first-order valence-corrected chi connectivity index (χ1v) is 8.27. The summed E-state index contributed by atoms with van der Waals surface area (Å²) in [5.41, 5.74) is 0. The third-order valence-corrected chi connectivity index (χ3v) is 5.08. The van der Waals surface area contributed by atoms with Crippen molar-refractivity contribution in [3.63, 3.8) is 0 Å². The summed E-state index contributed by atoms with van der Waals surface area (Å²) in [6.45, 7) is 3.32. The molecular formula is C15H26N4O2. The van der Waals surface area contributed by atoms with Crippen LogP contribution >= 0.6 is 0 Å². The van der Waals surface area contributed by atoms with Crippen LogP contribution in [0.5, 0.6) is 0 Å². The maximum atomic E-state index is 12.1. The number of carbonyl (C=O) groups excluding carboxylic acids is 2. The number of amides is 3. The molecule has 6 nitrogen and oxygen atoms in total. The second-order valence-electron chi connectivity index (χ2n) is 6.60. The summed E-state index contributed by atoms with van der Waals surface area (Å²) in [4.78, 5) is 26.1. The van der Waals surface area contributed by atoms with Crippen LogP contribution in [0, 0.1) is 5.92 Å². The molecule has 0 aromatic rings. The molecule has 3 aliphatic rings. The summed E-state index contributed by atoms with van der Waals surface area (Å²) in [5, 5.41) is 8.78. The Kier molecular flexibility index (Phi) is 4.75. The first-order valence-electron chi connectivity index (χ1n) is 8.27. The highest BCUT2D eigenvalue weighted by Crippen LogP contribution is 2.25. The molecule has 6 heteroatoms. The van der Waals surface area contributed by atoms with E-state index in [4.69, 9.17) is 0 Å². The van der Waals surface area contributed by atoms with Crippen molar-refractivity contribution in [1.29, 1.82) is 0 Å². The number of fused-ring (bicyclic) bond motifs is 1. The topological polar surface area (TPSA) is 73.5 Å². The fourth-order valence-electron chi connectivity index (χ4n) is 4.00. The minimum absolute atomic E-state index is 0.182. The second-order valence-corrected chi connectivity index (χ2v) is 6.60. The zero-order valence-corrected chi connectivity index (χ0v) is 12.6. The van der Waals surface area contributed by atoms with Crippen LogP contribution in [0.2, 0.25) is 0 Å². The second kappa shape index (κ2) is 6.75. The first kappa shape index (κ1) is 14.8. The average molecular weight is 294 g/mol. The number of rotatable bonds is 3. The van der Waals surface area contributed by atoms with Gasteiger partial charge in [-0.1, -0.05) is 12.8 Å². The Morgan fingerprint density at radius 2 is 1.90 bits per heavy atom. The van der Waals surface area contributed by atoms with Crippen molar-refractivity contribution in [2.45, 2.75) is 50.6 Å². The summed E-state index contributed by atoms with van der Waals surface area (Å²) in [7, 11) is 0. The lowest BCUT2D eigenvalue weighted by Crippen LogP contribution is -2.52. The number of piperidine rings is 1. The number of nitrogens with zero attached hydrogens (tertiary/aromatic N) is 1. The van der Waals surface area contributed by atoms with Gasteiger partial charge in [0.15, 0.2) is 0 Å². The largest absolute Gasteiger partial charge is 0.335 e. The van der Waals surface area contributed by atoms with Crippen molar-refractivity contribution in [1.82, 2.24) is 20.9 Å². The lowest BCUT2D eigenvalue weighted by Gasteiger charge is -2.36. The van der Waals surface area contributed by atoms with Gasteiger partial charge in [0.25, 0.3) is 0 Å². The van der Waals surface area contributed by atoms with Gasteiger partial charge in [-0.2, -0.15) is 0 Å². The minimum atomic E-state index is -0.329. The van der Waals surface area contributed by atoms with Crippen molar-refractivity contribution in [2.24, 2.45) is 5.92 Å². The highest BCUT2D eigenvalue weighted by molar-refractivity contribution is 5.95. The zero-order valence-electron chi connectivity index (χ0n) is 12.6. The van der Waals surface area contributed by atoms with Crippen LogP contribution in [-0.4, -0.2) is 55.1 Å². The fraction of sp³-hybridized carbons (Fsp3) is 0.867. The van der Waals surface area contributed by atoms with Gasteiger partial charge in [0.2, 0.25) is 5.91 Å². The maximum Gasteiger partial charge on any atom is 0.321 e. The molecule has 1 aliphatic carbocycles. The Bertz CT molecular complexity index is 395. The van der Waals surface area contributed by atoms with Gasteiger partial charge in [-0.15, -0.1) is 0 Å². The van der Waals surface area contributed by atoms with Gasteiger partial charge in [-0.3, -0.25) is 15.0 Å². The number of nitrogens with one attached hydrogen (secondary N) is 3. The van der Waals surface area contributed by atoms with Crippen LogP contribution in [0.25, 0.3) is 0 Å². The molecule has 2 heterocycles. The lowest BCUT2D eigenvalue weighted by molar-refractivity contribution is -0.122. The van der Waals surface area contributed by atoms with Crippen molar-refractivity contribution < 1.29 is 9.59 Å². The quantitative estimate of drug-likeness (QED) is 0.706. The third kappa shape index (κ3) is 3.74. The highest BCUT2D eigenvalue weighted by atomic mass is 16.2. The molecule has 2 unspecified atom stereocenters. The molecule has 3 amide bonds. The number of hydrogen-bond donors (Lipinski definition) is 3. The molecule has 21 heavy (non-hydrogen) atoms. The van der Waals surface area contributed by atoms with Crippen LogP contribution in [-0.2, 0) is 4.79 Å². The van der Waals surface area contributed by atoms with Gasteiger partial charge in [0.05, 0.1) is 6.54 Å². The van der Waals surface area contributed by atoms with Gasteiger partial charge in [-0.05, 0) is 44.7 Å². The van der Waals surface area contributed by atoms with Gasteiger partial charge in [-0.25, -0.2) is 4.79 Å². The van der Waals surface area contributed by atoms with Crippen molar-refractivity contribution in [2.75, 3.05) is 26.2 Å². The molecule has 0 radical (unpaired) electrons. The molecule has 3 N–H and O–H groups in total. The van der Waals surface area contributed by atoms with Crippen LogP contribution in [0.4, 0.5) is 4.79 Å². The molecule has 118 valence electrons. The number of urea groups is 1. The molecule has 0 aromatic heterocycles. The van der Waals surface area contributed by atoms with E-state index in [9.17, 15) is 9.59 Å². The van der Waals surface area contributed by atoms with E-state index in [-0.39, 0.29) is 18.0 Å². The first-order chi connectivity index (χ1) is 10.2. The molecule has 2 aliphatic heterocycles. The predicted molar refractivity (Wildman–Crippen MR) is 79.9 cm³/mol. The fourth-order valence-corrected chi connectivity index (χ4v) is 4.00. The standard InChI is InChI=1S/C15H26N4O2/c20-14(18-15(21)17-12-5-1-2-6-12)10-19-7-3-4-11-8-16-9-13(11)19/h11-13,16H,1-10H2,(H2,17,18,20,21). The monoisotopic (exact) mass is 294 g/mol. The van der Waals surface area contributed by atoms with Crippen LogP contribution < -0.4 is 16.0 Å². The van der Waals surface area contributed by atoms with Gasteiger partial charge in [0, 0.05) is 18.6 Å². The van der Waals surface area contributed by atoms with Crippen LogP contribution in [0.1, 0.15) is 38.5 Å². The van der Waals surface area contributed by atoms with Crippen LogP contribution in [0.3, 0.4) is 0 Å². The summed E-state index contributed by atoms with van der Waals surface area (Å²) < 4.78 is 0. The summed E-state index contributed by atoms with van der Waals surface area (Å²) in [6.07, 6.45) is 6.79. The summed E-state index contributed by atoms with van der Waals surface area (Å²) >= 11 is 0. The zero-order chi connectivity index (χ0) is 14.7. The molecule has 0 aromatic carbocycles. The molecule has 3 rings (SSSR count). The van der Waals surface area contributed by atoms with Gasteiger partial charge < -0.3 is 10.6 Å². The third-order valence-electron chi connectivity index (χ3n) is 5.08. The Balaban J connectivity index is 1.43. The van der Waals surface area contributed by atoms with E-state index in [2.05, 4.69) is 20.9 Å². The molecular weight excluding hydrogens is 268 g/mol. The highest BCUT2D eigenvalue weighted by Gasteiger charge is 2.35. The number of imide groups is 1. The van der Waals surface area contributed by atoms with Crippen LogP contribution in [0.15, 0.2) is 0 Å².